The van der Waals surface area contributed by atoms with Crippen molar-refractivity contribution >= 4 is 30.7 Å². The lowest BCUT2D eigenvalue weighted by atomic mass is 10.2. The van der Waals surface area contributed by atoms with Crippen LogP contribution in [0.1, 0.15) is 25.3 Å². The molecule has 7 heteroatoms. The summed E-state index contributed by atoms with van der Waals surface area (Å²) in [6.45, 7) is 10.6. The van der Waals surface area contributed by atoms with Crippen molar-refractivity contribution < 1.29 is 4.79 Å². The second kappa shape index (κ2) is 14.2. The van der Waals surface area contributed by atoms with Crippen LogP contribution >= 0.6 is 24.8 Å². The molecule has 1 aromatic rings. The fourth-order valence-electron chi connectivity index (χ4n) is 3.12. The lowest BCUT2D eigenvalue weighted by Gasteiger charge is -2.34. The molecule has 0 aromatic heterocycles. The number of halogens is 2. The summed E-state index contributed by atoms with van der Waals surface area (Å²) in [5.74, 6) is 0.241. The zero-order chi connectivity index (χ0) is 17.2. The summed E-state index contributed by atoms with van der Waals surface area (Å²) in [6.07, 6.45) is 1.46. The molecule has 1 aromatic carbocycles. The lowest BCUT2D eigenvalue weighted by molar-refractivity contribution is -0.132. The van der Waals surface area contributed by atoms with Crippen molar-refractivity contribution in [3.8, 4) is 0 Å². The molecule has 0 aliphatic carbocycles. The predicted octanol–water partition coefficient (Wildman–Crippen LogP) is 2.24. The molecule has 0 atom stereocenters. The maximum Gasteiger partial charge on any atom is 0.224 e. The Bertz CT molecular complexity index is 482. The van der Waals surface area contributed by atoms with Crippen molar-refractivity contribution in [1.82, 2.24) is 14.7 Å². The highest BCUT2D eigenvalue weighted by molar-refractivity contribution is 5.85. The maximum absolute atomic E-state index is 12.7. The minimum absolute atomic E-state index is 0. The van der Waals surface area contributed by atoms with Crippen LogP contribution in [0.5, 0.6) is 0 Å². The summed E-state index contributed by atoms with van der Waals surface area (Å²) in [5, 5.41) is 0. The van der Waals surface area contributed by atoms with Gasteiger partial charge in [0.1, 0.15) is 0 Å². The van der Waals surface area contributed by atoms with E-state index < -0.39 is 0 Å². The highest BCUT2D eigenvalue weighted by Crippen LogP contribution is 2.08. The number of likely N-dealkylation sites (N-methyl/N-ethyl adjacent to an activating group) is 1. The Labute approximate surface area is 170 Å². The van der Waals surface area contributed by atoms with E-state index in [2.05, 4.69) is 28.9 Å². The summed E-state index contributed by atoms with van der Waals surface area (Å²) in [5.41, 5.74) is 6.82. The van der Waals surface area contributed by atoms with Crippen molar-refractivity contribution in [2.75, 3.05) is 52.4 Å². The van der Waals surface area contributed by atoms with E-state index in [0.717, 1.165) is 52.2 Å². The van der Waals surface area contributed by atoms with Crippen molar-refractivity contribution in [3.05, 3.63) is 35.9 Å². The van der Waals surface area contributed by atoms with Gasteiger partial charge in [0.15, 0.2) is 0 Å². The summed E-state index contributed by atoms with van der Waals surface area (Å²) >= 11 is 0. The number of carbonyl (C=O) groups is 1. The van der Waals surface area contributed by atoms with Crippen LogP contribution < -0.4 is 5.73 Å². The maximum atomic E-state index is 12.7. The Morgan fingerprint density at radius 1 is 1.08 bits per heavy atom. The lowest BCUT2D eigenvalue weighted by Crippen LogP contribution is -2.47. The third kappa shape index (κ3) is 8.69. The molecule has 150 valence electrons. The molecule has 0 unspecified atom stereocenters. The number of hydrogen-bond acceptors (Lipinski definition) is 4. The second-order valence-electron chi connectivity index (χ2n) is 6.47. The number of nitrogens with two attached hydrogens (primary N) is 1. The Morgan fingerprint density at radius 3 is 2.27 bits per heavy atom. The molecule has 0 saturated carbocycles. The van der Waals surface area contributed by atoms with Gasteiger partial charge in [-0.1, -0.05) is 37.3 Å². The van der Waals surface area contributed by atoms with Gasteiger partial charge < -0.3 is 20.4 Å². The molecule has 0 spiro atoms. The van der Waals surface area contributed by atoms with Gasteiger partial charge in [-0.3, -0.25) is 4.79 Å². The fraction of sp³-hybridized carbons (Fsp3) is 0.632. The Balaban J connectivity index is 0.00000312. The van der Waals surface area contributed by atoms with E-state index in [1.165, 1.54) is 5.56 Å². The number of amides is 1. The average Bonchev–Trinajstić information content (AvgIpc) is 2.64. The first-order chi connectivity index (χ1) is 11.7. The van der Waals surface area contributed by atoms with E-state index >= 15 is 0 Å². The number of benzene rings is 1. The monoisotopic (exact) mass is 404 g/mol. The third-order valence-corrected chi connectivity index (χ3v) is 4.76. The van der Waals surface area contributed by atoms with Gasteiger partial charge in [-0.05, 0) is 25.1 Å². The number of nitrogens with zero attached hydrogens (tertiary/aromatic N) is 3. The molecule has 2 N–H and O–H groups in total. The van der Waals surface area contributed by atoms with Crippen LogP contribution in [-0.2, 0) is 11.3 Å². The molecular weight excluding hydrogens is 371 g/mol. The van der Waals surface area contributed by atoms with Gasteiger partial charge in [0.05, 0.1) is 0 Å². The van der Waals surface area contributed by atoms with Crippen molar-refractivity contribution in [2.45, 2.75) is 26.3 Å². The first-order valence-corrected chi connectivity index (χ1v) is 9.19. The molecule has 5 nitrogen and oxygen atoms in total. The minimum Gasteiger partial charge on any atom is -0.338 e. The van der Waals surface area contributed by atoms with Crippen LogP contribution in [0.3, 0.4) is 0 Å². The number of rotatable bonds is 9. The van der Waals surface area contributed by atoms with E-state index in [9.17, 15) is 4.79 Å². The topological polar surface area (TPSA) is 52.8 Å². The number of carbonyl (C=O) groups excluding carboxylic acids is 1. The minimum atomic E-state index is 0. The highest BCUT2D eigenvalue weighted by atomic mass is 35.5. The third-order valence-electron chi connectivity index (χ3n) is 4.76. The molecule has 1 saturated heterocycles. The Morgan fingerprint density at radius 2 is 1.69 bits per heavy atom. The number of hydrogen-bond donors (Lipinski definition) is 1. The quantitative estimate of drug-likeness (QED) is 0.685. The summed E-state index contributed by atoms with van der Waals surface area (Å²) in [4.78, 5) is 19.5. The molecule has 1 fully saturated rings. The smallest absolute Gasteiger partial charge is 0.224 e. The first kappa shape index (κ1) is 25.1. The van der Waals surface area contributed by atoms with E-state index in [1.54, 1.807) is 0 Å². The molecule has 1 amide bonds. The van der Waals surface area contributed by atoms with Gasteiger partial charge in [-0.2, -0.15) is 0 Å². The van der Waals surface area contributed by atoms with Crippen LogP contribution in [0, 0.1) is 0 Å². The van der Waals surface area contributed by atoms with Crippen LogP contribution in [-0.4, -0.2) is 73.0 Å². The molecule has 1 heterocycles. The molecule has 0 radical (unpaired) electrons. The van der Waals surface area contributed by atoms with Crippen LogP contribution in [0.2, 0.25) is 0 Å². The average molecular weight is 405 g/mol. The van der Waals surface area contributed by atoms with Gasteiger partial charge in [0.2, 0.25) is 5.91 Å². The molecule has 1 aliphatic rings. The second-order valence-corrected chi connectivity index (χ2v) is 6.47. The van der Waals surface area contributed by atoms with Gasteiger partial charge in [0, 0.05) is 52.2 Å². The molecular formula is C19H34Cl2N4O. The standard InChI is InChI=1S/C19H32N4O.2ClH/c1-2-21-13-15-22(16-14-21)12-9-19(24)23(11-6-10-20)17-18-7-4-3-5-8-18;;/h3-5,7-8H,2,6,9-17,20H2,1H3;2*1H. The Kier molecular flexibility index (Phi) is 13.8. The normalized spacial score (nSPS) is 15.0. The van der Waals surface area contributed by atoms with Crippen molar-refractivity contribution in [3.63, 3.8) is 0 Å². The Hall–Kier alpha value is -0.850. The van der Waals surface area contributed by atoms with Crippen molar-refractivity contribution in [2.24, 2.45) is 5.73 Å². The van der Waals surface area contributed by atoms with Gasteiger partial charge in [0.25, 0.3) is 0 Å². The van der Waals surface area contributed by atoms with E-state index in [-0.39, 0.29) is 30.7 Å². The van der Waals surface area contributed by atoms with Crippen LogP contribution in [0.15, 0.2) is 30.3 Å². The van der Waals surface area contributed by atoms with Crippen LogP contribution in [0.4, 0.5) is 0 Å². The summed E-state index contributed by atoms with van der Waals surface area (Å²) < 4.78 is 0. The van der Waals surface area contributed by atoms with Crippen LogP contribution in [0.25, 0.3) is 0 Å². The van der Waals surface area contributed by atoms with Crippen molar-refractivity contribution in [1.29, 1.82) is 0 Å². The van der Waals surface area contributed by atoms with E-state index in [0.29, 0.717) is 19.5 Å². The number of piperazine rings is 1. The van der Waals surface area contributed by atoms with Gasteiger partial charge >= 0.3 is 0 Å². The predicted molar refractivity (Wildman–Crippen MR) is 113 cm³/mol. The highest BCUT2D eigenvalue weighted by Gasteiger charge is 2.18. The summed E-state index contributed by atoms with van der Waals surface area (Å²) in [6, 6.07) is 10.2. The molecule has 26 heavy (non-hydrogen) atoms. The molecule has 2 rings (SSSR count). The van der Waals surface area contributed by atoms with Gasteiger partial charge in [-0.15, -0.1) is 24.8 Å². The first-order valence-electron chi connectivity index (χ1n) is 9.19. The fourth-order valence-corrected chi connectivity index (χ4v) is 3.12. The molecule has 1 aliphatic heterocycles. The summed E-state index contributed by atoms with van der Waals surface area (Å²) in [7, 11) is 0. The van der Waals surface area contributed by atoms with Gasteiger partial charge in [-0.25, -0.2) is 0 Å². The van der Waals surface area contributed by atoms with E-state index in [1.807, 2.05) is 23.1 Å². The zero-order valence-corrected chi connectivity index (χ0v) is 17.4. The van der Waals surface area contributed by atoms with E-state index in [4.69, 9.17) is 5.73 Å². The SMILES string of the molecule is CCN1CCN(CCC(=O)N(CCCN)Cc2ccccc2)CC1.Cl.Cl. The largest absolute Gasteiger partial charge is 0.338 e. The molecule has 0 bridgehead atoms. The zero-order valence-electron chi connectivity index (χ0n) is 15.8.